The number of allylic oxidation sites excluding steroid dienone is 1. The highest BCUT2D eigenvalue weighted by Gasteiger charge is 2.84. The Kier molecular flexibility index (Phi) is 3.99. The fraction of sp³-hybridized carbons (Fsp3) is 0.781. The van der Waals surface area contributed by atoms with Crippen molar-refractivity contribution >= 4 is 17.7 Å². The van der Waals surface area contributed by atoms with Crippen molar-refractivity contribution in [2.75, 3.05) is 13.2 Å². The molecule has 0 bridgehead atoms. The van der Waals surface area contributed by atoms with E-state index in [1.54, 1.807) is 12.5 Å². The molecule has 0 aromatic heterocycles. The summed E-state index contributed by atoms with van der Waals surface area (Å²) in [6.07, 6.45) is 4.69. The molecule has 5 saturated carbocycles. The lowest BCUT2D eigenvalue weighted by molar-refractivity contribution is -0.205. The van der Waals surface area contributed by atoms with Crippen LogP contribution in [0.3, 0.4) is 0 Å². The molecule has 1 unspecified atom stereocenters. The molecule has 7 heteroatoms. The van der Waals surface area contributed by atoms with Crippen LogP contribution < -0.4 is 0 Å². The van der Waals surface area contributed by atoms with Gasteiger partial charge in [0, 0.05) is 30.6 Å². The molecular formula is C32H38O7. The molecule has 2 spiro atoms. The summed E-state index contributed by atoms with van der Waals surface area (Å²) in [7, 11) is 0. The number of carbonyl (C=O) groups is 3. The molecule has 0 N–H and O–H groups in total. The van der Waals surface area contributed by atoms with Crippen LogP contribution in [0.15, 0.2) is 22.3 Å². The number of hydrogen-bond acceptors (Lipinski definition) is 7. The zero-order chi connectivity index (χ0) is 27.1. The van der Waals surface area contributed by atoms with Gasteiger partial charge in [-0.25, -0.2) is 9.59 Å². The monoisotopic (exact) mass is 534 g/mol. The van der Waals surface area contributed by atoms with Gasteiger partial charge in [0.25, 0.3) is 0 Å². The molecule has 9 aliphatic rings. The first-order chi connectivity index (χ1) is 18.4. The van der Waals surface area contributed by atoms with E-state index in [2.05, 4.69) is 13.8 Å². The number of fused-ring (bicyclic) bond motifs is 9. The first-order valence-electron chi connectivity index (χ1n) is 15.2. The predicted molar refractivity (Wildman–Crippen MR) is 137 cm³/mol. The molecule has 2 heterocycles. The molecule has 9 rings (SSSR count). The van der Waals surface area contributed by atoms with E-state index in [0.29, 0.717) is 49.5 Å². The smallest absolute Gasteiger partial charge is 0.346 e. The molecule has 7 aliphatic carbocycles. The van der Waals surface area contributed by atoms with Crippen molar-refractivity contribution in [3.8, 4) is 0 Å². The van der Waals surface area contributed by atoms with Crippen molar-refractivity contribution < 1.29 is 33.3 Å². The van der Waals surface area contributed by atoms with Gasteiger partial charge in [0.1, 0.15) is 22.6 Å². The molecule has 6 fully saturated rings. The van der Waals surface area contributed by atoms with Crippen molar-refractivity contribution in [1.82, 2.24) is 0 Å². The normalized spacial score (nSPS) is 54.5. The quantitative estimate of drug-likeness (QED) is 0.297. The number of carbonyl (C=O) groups excluding carboxylic acids is 3. The summed E-state index contributed by atoms with van der Waals surface area (Å²) in [6.45, 7) is 11.2. The van der Waals surface area contributed by atoms with Gasteiger partial charge in [-0.15, -0.1) is 0 Å². The lowest BCUT2D eigenvalue weighted by atomic mass is 9.43. The summed E-state index contributed by atoms with van der Waals surface area (Å²) in [6, 6.07) is 0. The SMILES string of the molecule is CCOC(=O)C1=C2CC3[C@](C)([C@@H]4C[C@@H]4[C@]34COC(C)(C)O4)[C@@H]3CC4=C5[C@H](CC(=O)C[C@@]5(C)[C@@H]5C[C@H]45)[C@]23OC1=O. The molecular weight excluding hydrogens is 496 g/mol. The van der Waals surface area contributed by atoms with E-state index < -0.39 is 28.9 Å². The molecule has 208 valence electrons. The number of Topliss-reactive ketones (excluding diaryl/α,β-unsaturated/α-hetero) is 1. The van der Waals surface area contributed by atoms with Crippen molar-refractivity contribution in [3.05, 3.63) is 22.3 Å². The van der Waals surface area contributed by atoms with Gasteiger partial charge in [-0.05, 0) is 86.5 Å². The second-order valence-electron chi connectivity index (χ2n) is 15.1. The van der Waals surface area contributed by atoms with Crippen LogP contribution in [0.25, 0.3) is 0 Å². The van der Waals surface area contributed by atoms with Crippen LogP contribution in [0.5, 0.6) is 0 Å². The fourth-order valence-electron chi connectivity index (χ4n) is 12.2. The van der Waals surface area contributed by atoms with E-state index in [4.69, 9.17) is 18.9 Å². The second-order valence-corrected chi connectivity index (χ2v) is 15.1. The Hall–Kier alpha value is -1.99. The predicted octanol–water partition coefficient (Wildman–Crippen LogP) is 4.29. The van der Waals surface area contributed by atoms with Crippen LogP contribution in [0, 0.1) is 52.3 Å². The van der Waals surface area contributed by atoms with Crippen LogP contribution in [0.4, 0.5) is 0 Å². The maximum atomic E-state index is 13.8. The van der Waals surface area contributed by atoms with Gasteiger partial charge in [-0.1, -0.05) is 25.0 Å². The zero-order valence-electron chi connectivity index (χ0n) is 23.6. The summed E-state index contributed by atoms with van der Waals surface area (Å²) < 4.78 is 25.2. The van der Waals surface area contributed by atoms with Crippen LogP contribution >= 0.6 is 0 Å². The van der Waals surface area contributed by atoms with Crippen LogP contribution in [-0.2, 0) is 33.3 Å². The van der Waals surface area contributed by atoms with E-state index in [-0.39, 0.29) is 46.5 Å². The van der Waals surface area contributed by atoms with Crippen molar-refractivity contribution in [2.24, 2.45) is 52.3 Å². The Morgan fingerprint density at radius 3 is 2.51 bits per heavy atom. The largest absolute Gasteiger partial charge is 0.462 e. The minimum Gasteiger partial charge on any atom is -0.462 e. The van der Waals surface area contributed by atoms with Gasteiger partial charge < -0.3 is 18.9 Å². The maximum absolute atomic E-state index is 13.8. The van der Waals surface area contributed by atoms with Gasteiger partial charge >= 0.3 is 11.9 Å². The van der Waals surface area contributed by atoms with Gasteiger partial charge in [-0.3, -0.25) is 4.79 Å². The first-order valence-corrected chi connectivity index (χ1v) is 15.2. The van der Waals surface area contributed by atoms with Crippen LogP contribution in [0.1, 0.15) is 73.1 Å². The summed E-state index contributed by atoms with van der Waals surface area (Å²) >= 11 is 0. The highest BCUT2D eigenvalue weighted by molar-refractivity contribution is 6.17. The number of esters is 2. The van der Waals surface area contributed by atoms with E-state index >= 15 is 0 Å². The fourth-order valence-corrected chi connectivity index (χ4v) is 12.2. The van der Waals surface area contributed by atoms with Crippen molar-refractivity contribution in [1.29, 1.82) is 0 Å². The highest BCUT2D eigenvalue weighted by atomic mass is 16.8. The molecule has 11 atom stereocenters. The number of ketones is 1. The molecule has 0 aromatic carbocycles. The molecule has 7 nitrogen and oxygen atoms in total. The van der Waals surface area contributed by atoms with Crippen molar-refractivity contribution in [2.45, 2.75) is 90.1 Å². The Bertz CT molecular complexity index is 1370. The number of ether oxygens (including phenoxy) is 4. The van der Waals surface area contributed by atoms with E-state index in [0.717, 1.165) is 18.4 Å². The second kappa shape index (κ2) is 6.56. The molecule has 39 heavy (non-hydrogen) atoms. The van der Waals surface area contributed by atoms with Gasteiger partial charge in [-0.2, -0.15) is 0 Å². The third kappa shape index (κ3) is 2.39. The lowest BCUT2D eigenvalue weighted by Gasteiger charge is -2.62. The Labute approximate surface area is 229 Å². The topological polar surface area (TPSA) is 88.1 Å². The summed E-state index contributed by atoms with van der Waals surface area (Å²) in [5.41, 5.74) is 2.16. The summed E-state index contributed by atoms with van der Waals surface area (Å²) in [4.78, 5) is 40.7. The Morgan fingerprint density at radius 1 is 1.00 bits per heavy atom. The minimum atomic E-state index is -0.953. The van der Waals surface area contributed by atoms with Gasteiger partial charge in [0.05, 0.1) is 13.2 Å². The Balaban J connectivity index is 1.30. The molecule has 0 amide bonds. The molecule has 1 saturated heterocycles. The lowest BCUT2D eigenvalue weighted by Crippen LogP contribution is -2.65. The van der Waals surface area contributed by atoms with Crippen LogP contribution in [-0.4, -0.2) is 47.9 Å². The number of hydrogen-bond donors (Lipinski definition) is 0. The minimum absolute atomic E-state index is 0.00886. The molecule has 0 aromatic rings. The average molecular weight is 535 g/mol. The van der Waals surface area contributed by atoms with Crippen molar-refractivity contribution in [3.63, 3.8) is 0 Å². The van der Waals surface area contributed by atoms with E-state index in [1.165, 1.54) is 12.0 Å². The summed E-state index contributed by atoms with van der Waals surface area (Å²) in [5, 5.41) is 0. The first kappa shape index (κ1) is 23.7. The molecule has 0 radical (unpaired) electrons. The standard InChI is InChI=1S/C32H38O7/c1-6-36-26(34)24-20-11-22-30(5,18-10-19(18)31(22)13-37-28(2,3)39-31)23-9-16-15-8-17(15)29(4)12-14(33)7-21(25(16)29)32(20,23)38-27(24)35/h15,17-19,21-23H,6-13H2,1-5H3/t15-,17-,18-,19+,21+,22?,23+,29+,30+,31-,32-/m1/s1. The summed E-state index contributed by atoms with van der Waals surface area (Å²) in [5.74, 6) is 0.328. The maximum Gasteiger partial charge on any atom is 0.346 e. The number of rotatable bonds is 2. The zero-order valence-corrected chi connectivity index (χ0v) is 23.6. The third-order valence-electron chi connectivity index (χ3n) is 13.3. The van der Waals surface area contributed by atoms with Gasteiger partial charge in [0.2, 0.25) is 0 Å². The van der Waals surface area contributed by atoms with Crippen LogP contribution in [0.2, 0.25) is 0 Å². The van der Waals surface area contributed by atoms with E-state index in [9.17, 15) is 14.4 Å². The third-order valence-corrected chi connectivity index (χ3v) is 13.3. The average Bonchev–Trinajstić information content (AvgIpc) is 3.74. The Morgan fingerprint density at radius 2 is 1.79 bits per heavy atom. The highest BCUT2D eigenvalue weighted by Crippen LogP contribution is 2.83. The molecule has 2 aliphatic heterocycles. The van der Waals surface area contributed by atoms with E-state index in [1.807, 2.05) is 13.8 Å². The van der Waals surface area contributed by atoms with Gasteiger partial charge in [0.15, 0.2) is 5.79 Å².